The molecule has 0 radical (unpaired) electrons. The molecule has 5 heteroatoms. The molecular weight excluding hydrogens is 345 g/mol. The fourth-order valence-electron chi connectivity index (χ4n) is 2.49. The minimum Gasteiger partial charge on any atom is -0.495 e. The first-order valence-electron chi connectivity index (χ1n) is 7.27. The SMILES string of the molecule is COc1c(Cl)cc(Cl)cc1C=Cc1ccc2cccc(OC)c2n1. The number of methoxy groups -OCH3 is 2. The average molecular weight is 360 g/mol. The van der Waals surface area contributed by atoms with Crippen molar-refractivity contribution < 1.29 is 9.47 Å². The molecule has 3 nitrogen and oxygen atoms in total. The van der Waals surface area contributed by atoms with Crippen LogP contribution >= 0.6 is 23.2 Å². The number of halogens is 2. The second-order valence-corrected chi connectivity index (χ2v) is 5.96. The van der Waals surface area contributed by atoms with Crippen molar-refractivity contribution in [2.75, 3.05) is 14.2 Å². The van der Waals surface area contributed by atoms with Gasteiger partial charge in [0.25, 0.3) is 0 Å². The highest BCUT2D eigenvalue weighted by atomic mass is 35.5. The molecule has 1 aromatic heterocycles. The van der Waals surface area contributed by atoms with Gasteiger partial charge in [0.15, 0.2) is 0 Å². The number of benzene rings is 2. The van der Waals surface area contributed by atoms with E-state index >= 15 is 0 Å². The van der Waals surface area contributed by atoms with Crippen LogP contribution in [0.1, 0.15) is 11.3 Å². The third kappa shape index (κ3) is 3.32. The standard InChI is InChI=1S/C19H15Cl2NO2/c1-23-17-5-3-4-12-6-8-15(22-18(12)17)9-7-13-10-14(20)11-16(21)19(13)24-2/h3-11H,1-2H3. The summed E-state index contributed by atoms with van der Waals surface area (Å²) in [4.78, 5) is 4.64. The van der Waals surface area contributed by atoms with Crippen LogP contribution in [0, 0.1) is 0 Å². The van der Waals surface area contributed by atoms with Gasteiger partial charge < -0.3 is 9.47 Å². The van der Waals surface area contributed by atoms with Crippen LogP contribution in [0.3, 0.4) is 0 Å². The van der Waals surface area contributed by atoms with E-state index in [2.05, 4.69) is 4.98 Å². The third-order valence-corrected chi connectivity index (χ3v) is 4.10. The molecule has 0 aliphatic heterocycles. The molecule has 0 N–H and O–H groups in total. The first kappa shape index (κ1) is 16.6. The van der Waals surface area contributed by atoms with E-state index < -0.39 is 0 Å². The molecule has 0 aliphatic carbocycles. The van der Waals surface area contributed by atoms with Gasteiger partial charge in [0.1, 0.15) is 17.0 Å². The van der Waals surface area contributed by atoms with Gasteiger partial charge in [-0.15, -0.1) is 0 Å². The third-order valence-electron chi connectivity index (χ3n) is 3.60. The van der Waals surface area contributed by atoms with Gasteiger partial charge in [-0.3, -0.25) is 0 Å². The van der Waals surface area contributed by atoms with E-state index in [0.717, 1.165) is 27.9 Å². The van der Waals surface area contributed by atoms with Crippen molar-refractivity contribution in [3.8, 4) is 11.5 Å². The molecular formula is C19H15Cl2NO2. The number of hydrogen-bond donors (Lipinski definition) is 0. The zero-order chi connectivity index (χ0) is 17.1. The molecule has 0 spiro atoms. The van der Waals surface area contributed by atoms with E-state index in [4.69, 9.17) is 32.7 Å². The highest BCUT2D eigenvalue weighted by molar-refractivity contribution is 6.36. The number of nitrogens with zero attached hydrogens (tertiary/aromatic N) is 1. The summed E-state index contributed by atoms with van der Waals surface area (Å²) in [5.74, 6) is 1.32. The van der Waals surface area contributed by atoms with E-state index in [-0.39, 0.29) is 0 Å². The number of para-hydroxylation sites is 1. The lowest BCUT2D eigenvalue weighted by Crippen LogP contribution is -1.90. The van der Waals surface area contributed by atoms with Crippen LogP contribution in [0.4, 0.5) is 0 Å². The predicted octanol–water partition coefficient (Wildman–Crippen LogP) is 5.73. The molecule has 1 heterocycles. The summed E-state index contributed by atoms with van der Waals surface area (Å²) in [6.45, 7) is 0. The highest BCUT2D eigenvalue weighted by Gasteiger charge is 2.08. The Bertz CT molecular complexity index is 923. The first-order valence-corrected chi connectivity index (χ1v) is 8.03. The maximum atomic E-state index is 6.16. The Morgan fingerprint density at radius 1 is 0.958 bits per heavy atom. The quantitative estimate of drug-likeness (QED) is 0.595. The van der Waals surface area contributed by atoms with Crippen molar-refractivity contribution >= 4 is 46.3 Å². The Kier molecular flexibility index (Phi) is 4.93. The lowest BCUT2D eigenvalue weighted by molar-refractivity contribution is 0.414. The summed E-state index contributed by atoms with van der Waals surface area (Å²) >= 11 is 12.2. The summed E-state index contributed by atoms with van der Waals surface area (Å²) in [7, 11) is 3.21. The summed E-state index contributed by atoms with van der Waals surface area (Å²) in [5, 5.41) is 2.04. The maximum Gasteiger partial charge on any atom is 0.145 e. The molecule has 122 valence electrons. The summed E-state index contributed by atoms with van der Waals surface area (Å²) in [6.07, 6.45) is 3.76. The zero-order valence-corrected chi connectivity index (χ0v) is 14.7. The second kappa shape index (κ2) is 7.12. The Morgan fingerprint density at radius 3 is 2.54 bits per heavy atom. The summed E-state index contributed by atoms with van der Waals surface area (Å²) in [6, 6.07) is 13.2. The number of fused-ring (bicyclic) bond motifs is 1. The second-order valence-electron chi connectivity index (χ2n) is 5.11. The van der Waals surface area contributed by atoms with E-state index in [1.165, 1.54) is 0 Å². The van der Waals surface area contributed by atoms with Crippen LogP contribution in [-0.4, -0.2) is 19.2 Å². The molecule has 0 aliphatic rings. The van der Waals surface area contributed by atoms with Crippen molar-refractivity contribution in [3.05, 3.63) is 63.8 Å². The summed E-state index contributed by atoms with van der Waals surface area (Å²) in [5.41, 5.74) is 2.40. The number of rotatable bonds is 4. The van der Waals surface area contributed by atoms with Gasteiger partial charge in [-0.1, -0.05) is 41.4 Å². The molecule has 0 bridgehead atoms. The summed E-state index contributed by atoms with van der Waals surface area (Å²) < 4.78 is 10.7. The Labute approximate surface area is 150 Å². The molecule has 24 heavy (non-hydrogen) atoms. The molecule has 0 saturated carbocycles. The smallest absolute Gasteiger partial charge is 0.145 e. The van der Waals surface area contributed by atoms with Crippen LogP contribution in [0.5, 0.6) is 11.5 Å². The molecule has 0 unspecified atom stereocenters. The number of aromatic nitrogens is 1. The Balaban J connectivity index is 2.02. The van der Waals surface area contributed by atoms with Crippen LogP contribution in [0.15, 0.2) is 42.5 Å². The monoisotopic (exact) mass is 359 g/mol. The lowest BCUT2D eigenvalue weighted by Gasteiger charge is -2.08. The van der Waals surface area contributed by atoms with Gasteiger partial charge in [-0.25, -0.2) is 4.98 Å². The molecule has 3 aromatic rings. The van der Waals surface area contributed by atoms with Gasteiger partial charge in [0.05, 0.1) is 24.9 Å². The van der Waals surface area contributed by atoms with Crippen LogP contribution in [-0.2, 0) is 0 Å². The number of ether oxygens (including phenoxy) is 2. The van der Waals surface area contributed by atoms with Gasteiger partial charge in [0.2, 0.25) is 0 Å². The average Bonchev–Trinajstić information content (AvgIpc) is 2.58. The predicted molar refractivity (Wildman–Crippen MR) is 100 cm³/mol. The Morgan fingerprint density at radius 2 is 1.79 bits per heavy atom. The van der Waals surface area contributed by atoms with E-state index in [0.29, 0.717) is 15.8 Å². The van der Waals surface area contributed by atoms with E-state index in [1.54, 1.807) is 26.4 Å². The number of hydrogen-bond acceptors (Lipinski definition) is 3. The minimum atomic E-state index is 0.470. The van der Waals surface area contributed by atoms with E-state index in [1.807, 2.05) is 42.5 Å². The van der Waals surface area contributed by atoms with E-state index in [9.17, 15) is 0 Å². The molecule has 0 atom stereocenters. The minimum absolute atomic E-state index is 0.470. The zero-order valence-electron chi connectivity index (χ0n) is 13.2. The molecule has 0 amide bonds. The normalized spacial score (nSPS) is 11.2. The lowest BCUT2D eigenvalue weighted by atomic mass is 10.1. The fourth-order valence-corrected chi connectivity index (χ4v) is 3.07. The largest absolute Gasteiger partial charge is 0.495 e. The van der Waals surface area contributed by atoms with Crippen molar-refractivity contribution in [2.45, 2.75) is 0 Å². The van der Waals surface area contributed by atoms with Gasteiger partial charge in [-0.2, -0.15) is 0 Å². The molecule has 3 rings (SSSR count). The Hall–Kier alpha value is -2.23. The van der Waals surface area contributed by atoms with Crippen molar-refractivity contribution in [2.24, 2.45) is 0 Å². The highest BCUT2D eigenvalue weighted by Crippen LogP contribution is 2.33. The first-order chi connectivity index (χ1) is 11.6. The maximum absolute atomic E-state index is 6.16. The molecule has 0 fully saturated rings. The van der Waals surface area contributed by atoms with Crippen LogP contribution in [0.2, 0.25) is 10.0 Å². The van der Waals surface area contributed by atoms with Crippen molar-refractivity contribution in [1.29, 1.82) is 0 Å². The van der Waals surface area contributed by atoms with Crippen LogP contribution in [0.25, 0.3) is 23.1 Å². The van der Waals surface area contributed by atoms with Crippen molar-refractivity contribution in [1.82, 2.24) is 4.98 Å². The van der Waals surface area contributed by atoms with Gasteiger partial charge >= 0.3 is 0 Å². The van der Waals surface area contributed by atoms with Gasteiger partial charge in [-0.05, 0) is 36.4 Å². The van der Waals surface area contributed by atoms with Gasteiger partial charge in [0, 0.05) is 16.0 Å². The van der Waals surface area contributed by atoms with Crippen LogP contribution < -0.4 is 9.47 Å². The number of pyridine rings is 1. The van der Waals surface area contributed by atoms with Crippen molar-refractivity contribution in [3.63, 3.8) is 0 Å². The fraction of sp³-hybridized carbons (Fsp3) is 0.105. The molecule has 2 aromatic carbocycles. The molecule has 0 saturated heterocycles. The topological polar surface area (TPSA) is 31.4 Å².